The molecule has 0 bridgehead atoms. The normalized spacial score (nSPS) is 21.7. The molecule has 3 rings (SSSR count). The molecular weight excluding hydrogens is 284 g/mol. The van der Waals surface area contributed by atoms with E-state index in [1.807, 2.05) is 18.6 Å². The Morgan fingerprint density at radius 1 is 1.30 bits per heavy atom. The standard InChI is InChI=1S/C21H26O2/c1-17(6-3-8-18-10-14-22-16-18)7-4-12-21(2)13-5-9-19-11-15-23-20(19)21/h4,6,10-12,14-16H,3,5,7-9,13H2,1-2H3/t21-/m1/s1. The minimum Gasteiger partial charge on any atom is -0.472 e. The first kappa shape index (κ1) is 15.9. The molecule has 1 atom stereocenters. The third-order valence-electron chi connectivity index (χ3n) is 4.84. The van der Waals surface area contributed by atoms with E-state index in [1.165, 1.54) is 35.3 Å². The molecule has 0 radical (unpaired) electrons. The average molecular weight is 310 g/mol. The highest BCUT2D eigenvalue weighted by molar-refractivity contribution is 5.32. The Morgan fingerprint density at radius 3 is 3.04 bits per heavy atom. The van der Waals surface area contributed by atoms with Gasteiger partial charge >= 0.3 is 0 Å². The van der Waals surface area contributed by atoms with Gasteiger partial charge in [0.15, 0.2) is 0 Å². The molecule has 0 amide bonds. The van der Waals surface area contributed by atoms with E-state index in [-0.39, 0.29) is 5.41 Å². The highest BCUT2D eigenvalue weighted by Crippen LogP contribution is 2.39. The Bertz CT molecular complexity index is 673. The largest absolute Gasteiger partial charge is 0.472 e. The van der Waals surface area contributed by atoms with Gasteiger partial charge in [0, 0.05) is 5.41 Å². The van der Waals surface area contributed by atoms with E-state index in [4.69, 9.17) is 8.83 Å². The Labute approximate surface area is 138 Å². The van der Waals surface area contributed by atoms with E-state index < -0.39 is 0 Å². The van der Waals surface area contributed by atoms with Crippen LogP contribution in [0.2, 0.25) is 0 Å². The van der Waals surface area contributed by atoms with Crippen molar-refractivity contribution >= 4 is 0 Å². The molecule has 0 aromatic carbocycles. The van der Waals surface area contributed by atoms with Gasteiger partial charge in [0.2, 0.25) is 0 Å². The number of hydrogen-bond acceptors (Lipinski definition) is 2. The third-order valence-corrected chi connectivity index (χ3v) is 4.84. The smallest absolute Gasteiger partial charge is 0.116 e. The molecule has 0 spiro atoms. The summed E-state index contributed by atoms with van der Waals surface area (Å²) in [6.07, 6.45) is 19.1. The van der Waals surface area contributed by atoms with Gasteiger partial charge in [-0.1, -0.05) is 23.8 Å². The molecule has 0 unspecified atom stereocenters. The molecule has 2 heteroatoms. The first-order valence-corrected chi connectivity index (χ1v) is 8.59. The predicted octanol–water partition coefficient (Wildman–Crippen LogP) is 5.99. The molecule has 1 aliphatic carbocycles. The van der Waals surface area contributed by atoms with E-state index in [1.54, 1.807) is 6.26 Å². The Kier molecular flexibility index (Phi) is 4.90. The van der Waals surface area contributed by atoms with E-state index in [0.29, 0.717) is 0 Å². The fourth-order valence-electron chi connectivity index (χ4n) is 3.46. The molecule has 0 fully saturated rings. The van der Waals surface area contributed by atoms with Crippen molar-refractivity contribution < 1.29 is 8.83 Å². The first-order chi connectivity index (χ1) is 11.2. The second kappa shape index (κ2) is 7.08. The van der Waals surface area contributed by atoms with Gasteiger partial charge < -0.3 is 8.83 Å². The second-order valence-corrected chi connectivity index (χ2v) is 6.87. The zero-order valence-corrected chi connectivity index (χ0v) is 14.2. The van der Waals surface area contributed by atoms with Crippen LogP contribution in [-0.4, -0.2) is 0 Å². The Morgan fingerprint density at radius 2 is 2.22 bits per heavy atom. The van der Waals surface area contributed by atoms with Gasteiger partial charge in [-0.15, -0.1) is 0 Å². The van der Waals surface area contributed by atoms with Crippen molar-refractivity contribution in [3.8, 4) is 0 Å². The summed E-state index contributed by atoms with van der Waals surface area (Å²) in [5, 5.41) is 0. The minimum atomic E-state index is 0.0636. The van der Waals surface area contributed by atoms with Crippen molar-refractivity contribution in [2.45, 2.75) is 57.8 Å². The molecule has 1 aliphatic rings. The molecule has 0 N–H and O–H groups in total. The van der Waals surface area contributed by atoms with Crippen molar-refractivity contribution in [1.29, 1.82) is 0 Å². The number of furan rings is 2. The number of hydrogen-bond donors (Lipinski definition) is 0. The quantitative estimate of drug-likeness (QED) is 0.612. The van der Waals surface area contributed by atoms with E-state index in [2.05, 4.69) is 38.1 Å². The SMILES string of the molecule is CC(=CCCc1ccoc1)CC=C[C@]1(C)CCCc2ccoc21. The zero-order valence-electron chi connectivity index (χ0n) is 14.2. The molecular formula is C21H26O2. The fourth-order valence-corrected chi connectivity index (χ4v) is 3.46. The fraction of sp³-hybridized carbons (Fsp3) is 0.429. The monoisotopic (exact) mass is 310 g/mol. The van der Waals surface area contributed by atoms with Gasteiger partial charge in [-0.05, 0) is 75.6 Å². The minimum absolute atomic E-state index is 0.0636. The average Bonchev–Trinajstić information content (AvgIpc) is 3.19. The highest BCUT2D eigenvalue weighted by atomic mass is 16.3. The van der Waals surface area contributed by atoms with Crippen molar-refractivity contribution in [3.63, 3.8) is 0 Å². The number of aryl methyl sites for hydroxylation is 2. The summed E-state index contributed by atoms with van der Waals surface area (Å²) < 4.78 is 10.9. The number of rotatable bonds is 6. The molecule has 122 valence electrons. The summed E-state index contributed by atoms with van der Waals surface area (Å²) in [5.74, 6) is 1.17. The first-order valence-electron chi connectivity index (χ1n) is 8.59. The Balaban J connectivity index is 1.54. The van der Waals surface area contributed by atoms with E-state index in [0.717, 1.165) is 25.7 Å². The van der Waals surface area contributed by atoms with Crippen LogP contribution >= 0.6 is 0 Å². The maximum Gasteiger partial charge on any atom is 0.116 e. The number of allylic oxidation sites excluding steroid dienone is 4. The van der Waals surface area contributed by atoms with Crippen LogP contribution in [0.5, 0.6) is 0 Å². The van der Waals surface area contributed by atoms with Crippen LogP contribution in [0.4, 0.5) is 0 Å². The van der Waals surface area contributed by atoms with Crippen molar-refractivity contribution in [2.75, 3.05) is 0 Å². The van der Waals surface area contributed by atoms with Crippen LogP contribution in [-0.2, 0) is 18.3 Å². The van der Waals surface area contributed by atoms with Crippen LogP contribution in [0, 0.1) is 0 Å². The zero-order chi connectivity index (χ0) is 16.1. The molecule has 2 aromatic heterocycles. The molecule has 0 saturated heterocycles. The van der Waals surface area contributed by atoms with Crippen molar-refractivity contribution in [1.82, 2.24) is 0 Å². The lowest BCUT2D eigenvalue weighted by atomic mass is 9.75. The Hall–Kier alpha value is -1.96. The predicted molar refractivity (Wildman–Crippen MR) is 93.5 cm³/mol. The maximum atomic E-state index is 5.76. The van der Waals surface area contributed by atoms with Crippen LogP contribution in [0.3, 0.4) is 0 Å². The summed E-state index contributed by atoms with van der Waals surface area (Å²) in [6.45, 7) is 4.50. The van der Waals surface area contributed by atoms with Gasteiger partial charge in [0.05, 0.1) is 18.8 Å². The van der Waals surface area contributed by atoms with E-state index >= 15 is 0 Å². The lowest BCUT2D eigenvalue weighted by molar-refractivity contribution is 0.366. The number of fused-ring (bicyclic) bond motifs is 1. The summed E-state index contributed by atoms with van der Waals surface area (Å²) in [6, 6.07) is 4.16. The van der Waals surface area contributed by atoms with Crippen LogP contribution in [0.1, 0.15) is 56.4 Å². The van der Waals surface area contributed by atoms with Crippen molar-refractivity contribution in [3.05, 3.63) is 71.6 Å². The molecule has 2 aromatic rings. The van der Waals surface area contributed by atoms with Gasteiger partial charge in [0.1, 0.15) is 5.76 Å². The molecule has 23 heavy (non-hydrogen) atoms. The van der Waals surface area contributed by atoms with Crippen molar-refractivity contribution in [2.24, 2.45) is 0 Å². The van der Waals surface area contributed by atoms with Gasteiger partial charge in [0.25, 0.3) is 0 Å². The lowest BCUT2D eigenvalue weighted by Crippen LogP contribution is -2.23. The van der Waals surface area contributed by atoms with E-state index in [9.17, 15) is 0 Å². The van der Waals surface area contributed by atoms with Crippen LogP contribution in [0.15, 0.2) is 63.6 Å². The maximum absolute atomic E-state index is 5.76. The lowest BCUT2D eigenvalue weighted by Gasteiger charge is -2.29. The summed E-state index contributed by atoms with van der Waals surface area (Å²) >= 11 is 0. The topological polar surface area (TPSA) is 26.3 Å². The summed E-state index contributed by atoms with van der Waals surface area (Å²) in [4.78, 5) is 0. The molecule has 2 nitrogen and oxygen atoms in total. The summed E-state index contributed by atoms with van der Waals surface area (Å²) in [5.41, 5.74) is 4.14. The van der Waals surface area contributed by atoms with Crippen LogP contribution < -0.4 is 0 Å². The van der Waals surface area contributed by atoms with Crippen LogP contribution in [0.25, 0.3) is 0 Å². The highest BCUT2D eigenvalue weighted by Gasteiger charge is 2.32. The van der Waals surface area contributed by atoms with Gasteiger partial charge in [-0.2, -0.15) is 0 Å². The van der Waals surface area contributed by atoms with Gasteiger partial charge in [-0.25, -0.2) is 0 Å². The molecule has 0 aliphatic heterocycles. The molecule has 0 saturated carbocycles. The third kappa shape index (κ3) is 3.87. The second-order valence-electron chi connectivity index (χ2n) is 6.87. The molecule has 2 heterocycles. The summed E-state index contributed by atoms with van der Waals surface area (Å²) in [7, 11) is 0. The van der Waals surface area contributed by atoms with Gasteiger partial charge in [-0.3, -0.25) is 0 Å².